The zero-order chi connectivity index (χ0) is 20.6. The molecule has 1 aliphatic rings. The summed E-state index contributed by atoms with van der Waals surface area (Å²) >= 11 is 0. The van der Waals surface area contributed by atoms with E-state index >= 15 is 0 Å². The van der Waals surface area contributed by atoms with Gasteiger partial charge in [-0.1, -0.05) is 36.4 Å². The molecular formula is C24H27N3O3. The van der Waals surface area contributed by atoms with Crippen molar-refractivity contribution in [1.29, 1.82) is 0 Å². The Kier molecular flexibility index (Phi) is 6.75. The van der Waals surface area contributed by atoms with Gasteiger partial charge in [0.05, 0.1) is 6.61 Å². The highest BCUT2D eigenvalue weighted by Gasteiger charge is 2.24. The van der Waals surface area contributed by atoms with Crippen molar-refractivity contribution < 1.29 is 13.9 Å². The van der Waals surface area contributed by atoms with E-state index in [0.717, 1.165) is 37.2 Å². The number of carbonyl (C=O) groups excluding carboxylic acids is 1. The lowest BCUT2D eigenvalue weighted by molar-refractivity contribution is -0.133. The van der Waals surface area contributed by atoms with Crippen LogP contribution in [-0.2, 0) is 11.2 Å². The number of hydrogen-bond acceptors (Lipinski definition) is 5. The number of rotatable bonds is 8. The van der Waals surface area contributed by atoms with E-state index in [9.17, 15) is 4.79 Å². The second-order valence-electron chi connectivity index (χ2n) is 7.69. The smallest absolute Gasteiger partial charge is 0.247 e. The van der Waals surface area contributed by atoms with Gasteiger partial charge in [0.15, 0.2) is 0 Å². The van der Waals surface area contributed by atoms with Crippen LogP contribution in [0.5, 0.6) is 5.75 Å². The van der Waals surface area contributed by atoms with E-state index in [1.807, 2.05) is 65.6 Å². The van der Waals surface area contributed by atoms with E-state index in [0.29, 0.717) is 43.6 Å². The molecule has 1 fully saturated rings. The minimum atomic E-state index is 0.196. The Hall–Kier alpha value is -3.15. The molecule has 0 aliphatic carbocycles. The maximum absolute atomic E-state index is 12.7. The predicted molar refractivity (Wildman–Crippen MR) is 114 cm³/mol. The lowest BCUT2D eigenvalue weighted by atomic mass is 9.98. The van der Waals surface area contributed by atoms with Crippen LogP contribution < -0.4 is 4.74 Å². The highest BCUT2D eigenvalue weighted by Crippen LogP contribution is 2.21. The number of aryl methyl sites for hydroxylation is 1. The van der Waals surface area contributed by atoms with Gasteiger partial charge in [-0.2, -0.15) is 0 Å². The summed E-state index contributed by atoms with van der Waals surface area (Å²) < 4.78 is 11.6. The zero-order valence-electron chi connectivity index (χ0n) is 17.1. The summed E-state index contributed by atoms with van der Waals surface area (Å²) in [6, 6.07) is 19.6. The van der Waals surface area contributed by atoms with Gasteiger partial charge >= 0.3 is 0 Å². The van der Waals surface area contributed by atoms with Crippen molar-refractivity contribution in [3.63, 3.8) is 0 Å². The standard InChI is InChI=1S/C24H27N3O3/c28-23(15-7-14-22-25-26-24(30-22)20-10-3-1-4-11-20)27-16-8-9-19(17-27)18-29-21-12-5-2-6-13-21/h1-6,10-13,19H,7-9,14-18H2. The van der Waals surface area contributed by atoms with Gasteiger partial charge in [0.1, 0.15) is 5.75 Å². The Balaban J connectivity index is 1.21. The van der Waals surface area contributed by atoms with Crippen molar-refractivity contribution in [2.75, 3.05) is 19.7 Å². The van der Waals surface area contributed by atoms with Crippen molar-refractivity contribution in [2.45, 2.75) is 32.1 Å². The van der Waals surface area contributed by atoms with Gasteiger partial charge in [0.25, 0.3) is 0 Å². The maximum atomic E-state index is 12.7. The summed E-state index contributed by atoms with van der Waals surface area (Å²) in [5.41, 5.74) is 0.907. The topological polar surface area (TPSA) is 68.5 Å². The van der Waals surface area contributed by atoms with E-state index in [1.54, 1.807) is 0 Å². The third kappa shape index (κ3) is 5.47. The summed E-state index contributed by atoms with van der Waals surface area (Å²) in [5.74, 6) is 2.56. The van der Waals surface area contributed by atoms with E-state index in [4.69, 9.17) is 9.15 Å². The van der Waals surface area contributed by atoms with Crippen LogP contribution in [0.25, 0.3) is 11.5 Å². The van der Waals surface area contributed by atoms with Gasteiger partial charge in [0.2, 0.25) is 17.7 Å². The van der Waals surface area contributed by atoms with Gasteiger partial charge in [-0.15, -0.1) is 10.2 Å². The predicted octanol–water partition coefficient (Wildman–Crippen LogP) is 4.38. The quantitative estimate of drug-likeness (QED) is 0.556. The fourth-order valence-electron chi connectivity index (χ4n) is 3.76. The second kappa shape index (κ2) is 10.1. The number of piperidine rings is 1. The fraction of sp³-hybridized carbons (Fsp3) is 0.375. The SMILES string of the molecule is O=C(CCCc1nnc(-c2ccccc2)o1)N1CCCC(COc2ccccc2)C1. The van der Waals surface area contributed by atoms with Crippen molar-refractivity contribution in [1.82, 2.24) is 15.1 Å². The minimum Gasteiger partial charge on any atom is -0.493 e. The first-order chi connectivity index (χ1) is 14.8. The summed E-state index contributed by atoms with van der Waals surface area (Å²) in [4.78, 5) is 14.6. The molecule has 1 saturated heterocycles. The molecule has 0 radical (unpaired) electrons. The molecule has 1 aliphatic heterocycles. The average molecular weight is 405 g/mol. The van der Waals surface area contributed by atoms with Crippen LogP contribution >= 0.6 is 0 Å². The zero-order valence-corrected chi connectivity index (χ0v) is 17.1. The van der Waals surface area contributed by atoms with E-state index in [1.165, 1.54) is 0 Å². The molecule has 0 N–H and O–H groups in total. The monoisotopic (exact) mass is 405 g/mol. The van der Waals surface area contributed by atoms with Crippen LogP contribution in [-0.4, -0.2) is 40.7 Å². The molecule has 1 amide bonds. The van der Waals surface area contributed by atoms with Gasteiger partial charge in [-0.3, -0.25) is 4.79 Å². The highest BCUT2D eigenvalue weighted by molar-refractivity contribution is 5.76. The van der Waals surface area contributed by atoms with Gasteiger partial charge in [-0.25, -0.2) is 0 Å². The second-order valence-corrected chi connectivity index (χ2v) is 7.69. The number of ether oxygens (including phenoxy) is 1. The summed E-state index contributed by atoms with van der Waals surface area (Å²) in [6.45, 7) is 2.25. The normalized spacial score (nSPS) is 16.4. The number of para-hydroxylation sites is 1. The number of amides is 1. The Morgan fingerprint density at radius 2 is 1.83 bits per heavy atom. The van der Waals surface area contributed by atoms with Crippen molar-refractivity contribution in [2.24, 2.45) is 5.92 Å². The molecule has 0 spiro atoms. The van der Waals surface area contributed by atoms with Crippen LogP contribution in [0.15, 0.2) is 65.1 Å². The van der Waals surface area contributed by atoms with E-state index in [2.05, 4.69) is 10.2 Å². The highest BCUT2D eigenvalue weighted by atomic mass is 16.5. The average Bonchev–Trinajstić information content (AvgIpc) is 3.28. The van der Waals surface area contributed by atoms with Gasteiger partial charge in [0, 0.05) is 37.4 Å². The number of carbonyl (C=O) groups is 1. The van der Waals surface area contributed by atoms with Crippen LogP contribution in [0, 0.1) is 5.92 Å². The lowest BCUT2D eigenvalue weighted by Crippen LogP contribution is -2.41. The molecule has 3 aromatic rings. The fourth-order valence-corrected chi connectivity index (χ4v) is 3.76. The molecule has 0 saturated carbocycles. The van der Waals surface area contributed by atoms with Crippen LogP contribution in [0.2, 0.25) is 0 Å². The van der Waals surface area contributed by atoms with Crippen molar-refractivity contribution >= 4 is 5.91 Å². The molecule has 1 aromatic heterocycles. The first-order valence-corrected chi connectivity index (χ1v) is 10.6. The molecule has 6 heteroatoms. The van der Waals surface area contributed by atoms with Gasteiger partial charge < -0.3 is 14.1 Å². The number of likely N-dealkylation sites (tertiary alicyclic amines) is 1. The van der Waals surface area contributed by atoms with Gasteiger partial charge in [-0.05, 0) is 43.5 Å². The Morgan fingerprint density at radius 3 is 2.63 bits per heavy atom. The molecule has 2 heterocycles. The van der Waals surface area contributed by atoms with E-state index in [-0.39, 0.29) is 5.91 Å². The molecule has 30 heavy (non-hydrogen) atoms. The molecule has 0 bridgehead atoms. The molecule has 4 rings (SSSR count). The van der Waals surface area contributed by atoms with Crippen LogP contribution in [0.4, 0.5) is 0 Å². The Bertz CT molecular complexity index is 927. The largest absolute Gasteiger partial charge is 0.493 e. The summed E-state index contributed by atoms with van der Waals surface area (Å²) in [7, 11) is 0. The van der Waals surface area contributed by atoms with E-state index < -0.39 is 0 Å². The number of hydrogen-bond donors (Lipinski definition) is 0. The van der Waals surface area contributed by atoms with Crippen LogP contribution in [0.3, 0.4) is 0 Å². The molecule has 2 aromatic carbocycles. The minimum absolute atomic E-state index is 0.196. The number of aromatic nitrogens is 2. The first kappa shape index (κ1) is 20.1. The maximum Gasteiger partial charge on any atom is 0.247 e. The first-order valence-electron chi connectivity index (χ1n) is 10.6. The number of nitrogens with zero attached hydrogens (tertiary/aromatic N) is 3. The Labute approximate surface area is 176 Å². The molecule has 1 atom stereocenters. The summed E-state index contributed by atoms with van der Waals surface area (Å²) in [6.07, 6.45) is 3.94. The summed E-state index contributed by atoms with van der Waals surface area (Å²) in [5, 5.41) is 8.21. The Morgan fingerprint density at radius 1 is 1.07 bits per heavy atom. The molecule has 1 unspecified atom stereocenters. The molecule has 6 nitrogen and oxygen atoms in total. The number of benzene rings is 2. The van der Waals surface area contributed by atoms with Crippen LogP contribution in [0.1, 0.15) is 31.6 Å². The van der Waals surface area contributed by atoms with Crippen molar-refractivity contribution in [3.05, 3.63) is 66.6 Å². The lowest BCUT2D eigenvalue weighted by Gasteiger charge is -2.32. The molecular weight excluding hydrogens is 378 g/mol. The third-order valence-corrected chi connectivity index (χ3v) is 5.37. The third-order valence-electron chi connectivity index (χ3n) is 5.37. The van der Waals surface area contributed by atoms with Crippen molar-refractivity contribution in [3.8, 4) is 17.2 Å². The molecule has 156 valence electrons.